The SMILES string of the molecule is CCCCCCCC/C=C\CCCCCCCC(=O)OC[C@H]1O[C@@](COC(=O)CCCCCCC/C=C\CCCCCCCC)(O[C@H]2O[C@H](CO)[C@@H](O)[C@H](O)[C@H]2O)[C@@H](O)[C@@H]1O. The van der Waals surface area contributed by atoms with E-state index in [1.165, 1.54) is 77.0 Å². The number of ether oxygens (including phenoxy) is 5. The molecule has 2 aliphatic heterocycles. The Labute approximate surface area is 367 Å². The van der Waals surface area contributed by atoms with Gasteiger partial charge in [-0.1, -0.05) is 141 Å². The largest absolute Gasteiger partial charge is 0.463 e. The van der Waals surface area contributed by atoms with E-state index in [1.807, 2.05) is 0 Å². The summed E-state index contributed by atoms with van der Waals surface area (Å²) < 4.78 is 28.1. The average Bonchev–Trinajstić information content (AvgIpc) is 3.49. The van der Waals surface area contributed by atoms with Crippen molar-refractivity contribution in [3.8, 4) is 0 Å². The van der Waals surface area contributed by atoms with Crippen molar-refractivity contribution < 1.29 is 63.9 Å². The molecule has 9 atom stereocenters. The van der Waals surface area contributed by atoms with E-state index in [-0.39, 0.29) is 12.8 Å². The van der Waals surface area contributed by atoms with E-state index < -0.39 is 86.6 Å². The fourth-order valence-electron chi connectivity index (χ4n) is 7.78. The van der Waals surface area contributed by atoms with Gasteiger partial charge < -0.3 is 54.3 Å². The Morgan fingerprint density at radius 2 is 0.951 bits per heavy atom. The number of unbranched alkanes of at least 4 members (excludes halogenated alkanes) is 22. The van der Waals surface area contributed by atoms with Crippen molar-refractivity contribution in [1.82, 2.24) is 0 Å². The number of carbonyl (C=O) groups is 2. The van der Waals surface area contributed by atoms with Gasteiger partial charge in [-0.25, -0.2) is 0 Å². The maximum Gasteiger partial charge on any atom is 0.305 e. The minimum absolute atomic E-state index is 0.0876. The van der Waals surface area contributed by atoms with Crippen LogP contribution in [0.25, 0.3) is 0 Å². The fourth-order valence-corrected chi connectivity index (χ4v) is 7.78. The summed E-state index contributed by atoms with van der Waals surface area (Å²) >= 11 is 0. The van der Waals surface area contributed by atoms with Crippen molar-refractivity contribution in [3.63, 3.8) is 0 Å². The highest BCUT2D eigenvalue weighted by molar-refractivity contribution is 5.69. The minimum Gasteiger partial charge on any atom is -0.463 e. The first-order valence-corrected chi connectivity index (χ1v) is 24.2. The van der Waals surface area contributed by atoms with E-state index in [1.54, 1.807) is 0 Å². The molecule has 13 heteroatoms. The first-order valence-electron chi connectivity index (χ1n) is 24.2. The van der Waals surface area contributed by atoms with E-state index in [0.29, 0.717) is 12.8 Å². The highest BCUT2D eigenvalue weighted by atomic mass is 16.8. The Morgan fingerprint density at radius 1 is 0.525 bits per heavy atom. The highest BCUT2D eigenvalue weighted by Crippen LogP contribution is 2.37. The smallest absolute Gasteiger partial charge is 0.305 e. The maximum atomic E-state index is 12.8. The van der Waals surface area contributed by atoms with Gasteiger partial charge >= 0.3 is 11.9 Å². The van der Waals surface area contributed by atoms with Gasteiger partial charge in [0.15, 0.2) is 6.29 Å². The van der Waals surface area contributed by atoms with Crippen molar-refractivity contribution >= 4 is 11.9 Å². The molecule has 0 aromatic heterocycles. The molecule has 356 valence electrons. The Kier molecular flexibility index (Phi) is 31.2. The Balaban J connectivity index is 1.77. The van der Waals surface area contributed by atoms with Crippen LogP contribution in [0.5, 0.6) is 0 Å². The van der Waals surface area contributed by atoms with E-state index >= 15 is 0 Å². The predicted octanol–water partition coefficient (Wildman–Crippen LogP) is 7.78. The lowest BCUT2D eigenvalue weighted by Crippen LogP contribution is -2.62. The van der Waals surface area contributed by atoms with Gasteiger partial charge in [-0.15, -0.1) is 0 Å². The molecule has 0 amide bonds. The normalized spacial score (nSPS) is 26.8. The molecular weight excluding hydrogens is 785 g/mol. The molecule has 2 fully saturated rings. The van der Waals surface area contributed by atoms with Crippen molar-refractivity contribution in [3.05, 3.63) is 24.3 Å². The van der Waals surface area contributed by atoms with Crippen LogP contribution in [-0.4, -0.2) is 117 Å². The van der Waals surface area contributed by atoms with Crippen molar-refractivity contribution in [2.75, 3.05) is 19.8 Å². The van der Waals surface area contributed by atoms with Gasteiger partial charge in [-0.05, 0) is 64.2 Å². The number of aliphatic hydroxyl groups excluding tert-OH is 6. The molecule has 13 nitrogen and oxygen atoms in total. The van der Waals surface area contributed by atoms with Gasteiger partial charge in [-0.2, -0.15) is 0 Å². The number of carbonyl (C=O) groups excluding carboxylic acids is 2. The van der Waals surface area contributed by atoms with Crippen LogP contribution in [0.4, 0.5) is 0 Å². The number of allylic oxidation sites excluding steroid dienone is 4. The molecule has 2 saturated heterocycles. The lowest BCUT2D eigenvalue weighted by Gasteiger charge is -2.43. The Morgan fingerprint density at radius 3 is 1.41 bits per heavy atom. The van der Waals surface area contributed by atoms with Gasteiger partial charge in [0.05, 0.1) is 6.61 Å². The average molecular weight is 871 g/mol. The molecule has 0 aromatic rings. The monoisotopic (exact) mass is 871 g/mol. The topological polar surface area (TPSA) is 202 Å². The Hall–Kier alpha value is -1.94. The van der Waals surface area contributed by atoms with Gasteiger partial charge in [0.1, 0.15) is 55.9 Å². The van der Waals surface area contributed by atoms with Crippen LogP contribution in [0.2, 0.25) is 0 Å². The second-order valence-corrected chi connectivity index (χ2v) is 17.2. The fraction of sp³-hybridized carbons (Fsp3) is 0.875. The van der Waals surface area contributed by atoms with Crippen molar-refractivity contribution in [2.45, 2.75) is 248 Å². The summed E-state index contributed by atoms with van der Waals surface area (Å²) in [6.45, 7) is 2.56. The molecule has 0 aliphatic carbocycles. The van der Waals surface area contributed by atoms with Crippen LogP contribution in [0.15, 0.2) is 24.3 Å². The molecule has 0 aromatic carbocycles. The second kappa shape index (κ2) is 34.5. The standard InChI is InChI=1S/C48H86O13/c1-3-5-7-9-11-13-15-17-19-21-23-25-27-29-31-33-40(50)57-36-39-43(53)46(56)48(60-39,61-47-45(55)44(54)42(52)38(35-49)59-47)37-58-41(51)34-32-30-28-26-24-22-20-18-16-14-12-10-8-6-4-2/h17-20,38-39,42-47,49,52-56H,3-16,21-37H2,1-2H3/b19-17-,20-18-/t38-,39-,42-,43-,44+,45-,46+,47-,48+/m1/s1. The van der Waals surface area contributed by atoms with Gasteiger partial charge in [-0.3, -0.25) is 9.59 Å². The van der Waals surface area contributed by atoms with Gasteiger partial charge in [0.25, 0.3) is 0 Å². The third kappa shape index (κ3) is 23.0. The van der Waals surface area contributed by atoms with Crippen LogP contribution in [0, 0.1) is 0 Å². The molecule has 2 aliphatic rings. The zero-order valence-electron chi connectivity index (χ0n) is 37.9. The molecule has 61 heavy (non-hydrogen) atoms. The summed E-state index contributed by atoms with van der Waals surface area (Å²) in [5.74, 6) is -3.41. The van der Waals surface area contributed by atoms with Gasteiger partial charge in [0.2, 0.25) is 5.79 Å². The maximum absolute atomic E-state index is 12.8. The summed E-state index contributed by atoms with van der Waals surface area (Å²) in [5.41, 5.74) is 0. The molecule has 6 N–H and O–H groups in total. The second-order valence-electron chi connectivity index (χ2n) is 17.2. The lowest BCUT2D eigenvalue weighted by molar-refractivity contribution is -0.383. The van der Waals surface area contributed by atoms with E-state index in [2.05, 4.69) is 38.2 Å². The van der Waals surface area contributed by atoms with Crippen LogP contribution in [0.3, 0.4) is 0 Å². The van der Waals surface area contributed by atoms with Crippen molar-refractivity contribution in [1.29, 1.82) is 0 Å². The lowest BCUT2D eigenvalue weighted by atomic mass is 9.99. The minimum atomic E-state index is -2.31. The summed E-state index contributed by atoms with van der Waals surface area (Å²) in [4.78, 5) is 25.5. The molecule has 0 spiro atoms. The van der Waals surface area contributed by atoms with E-state index in [0.717, 1.165) is 77.0 Å². The number of hydrogen-bond acceptors (Lipinski definition) is 13. The predicted molar refractivity (Wildman–Crippen MR) is 235 cm³/mol. The highest BCUT2D eigenvalue weighted by Gasteiger charge is 2.59. The molecule has 0 saturated carbocycles. The number of esters is 2. The van der Waals surface area contributed by atoms with Crippen LogP contribution in [-0.2, 0) is 33.3 Å². The van der Waals surface area contributed by atoms with Crippen molar-refractivity contribution in [2.24, 2.45) is 0 Å². The van der Waals surface area contributed by atoms with Gasteiger partial charge in [0, 0.05) is 12.8 Å². The van der Waals surface area contributed by atoms with E-state index in [9.17, 15) is 40.2 Å². The quantitative estimate of drug-likeness (QED) is 0.0201. The van der Waals surface area contributed by atoms with Crippen LogP contribution in [0.1, 0.15) is 194 Å². The van der Waals surface area contributed by atoms with Crippen LogP contribution >= 0.6 is 0 Å². The summed E-state index contributed by atoms with van der Waals surface area (Å²) in [6, 6.07) is 0. The first-order chi connectivity index (χ1) is 29.6. The molecule has 2 rings (SSSR count). The molecule has 0 radical (unpaired) electrons. The zero-order valence-corrected chi connectivity index (χ0v) is 37.9. The van der Waals surface area contributed by atoms with Crippen LogP contribution < -0.4 is 0 Å². The Bertz CT molecular complexity index is 1160. The number of aliphatic hydroxyl groups is 6. The summed E-state index contributed by atoms with van der Waals surface area (Å²) in [6.07, 6.45) is 25.3. The third-order valence-electron chi connectivity index (χ3n) is 11.8. The summed E-state index contributed by atoms with van der Waals surface area (Å²) in [5, 5.41) is 63.2. The molecule has 0 bridgehead atoms. The number of rotatable bonds is 37. The molecule has 2 heterocycles. The first kappa shape index (κ1) is 55.2. The zero-order chi connectivity index (χ0) is 44.6. The van der Waals surface area contributed by atoms with E-state index in [4.69, 9.17) is 23.7 Å². The number of hydrogen-bond donors (Lipinski definition) is 6. The third-order valence-corrected chi connectivity index (χ3v) is 11.8. The molecular formula is C48H86O13. The molecule has 0 unspecified atom stereocenters. The summed E-state index contributed by atoms with van der Waals surface area (Å²) in [7, 11) is 0.